The number of aliphatic hydroxyl groups is 1. The van der Waals surface area contributed by atoms with Gasteiger partial charge < -0.3 is 20.2 Å². The lowest BCUT2D eigenvalue weighted by molar-refractivity contribution is -0.0279. The molecule has 0 aliphatic heterocycles. The summed E-state index contributed by atoms with van der Waals surface area (Å²) in [6, 6.07) is 8.04. The Morgan fingerprint density at radius 2 is 2.09 bits per heavy atom. The lowest BCUT2D eigenvalue weighted by atomic mass is 9.80. The van der Waals surface area contributed by atoms with Crippen molar-refractivity contribution in [3.8, 4) is 0 Å². The summed E-state index contributed by atoms with van der Waals surface area (Å²) in [5.74, 6) is 1.60. The van der Waals surface area contributed by atoms with Crippen molar-refractivity contribution < 1.29 is 9.52 Å². The van der Waals surface area contributed by atoms with Crippen LogP contribution in [0.1, 0.15) is 37.5 Å². The van der Waals surface area contributed by atoms with E-state index < -0.39 is 5.60 Å². The van der Waals surface area contributed by atoms with E-state index in [0.717, 1.165) is 48.1 Å². The maximum Gasteiger partial charge on any atom is 0.191 e. The summed E-state index contributed by atoms with van der Waals surface area (Å²) in [6.07, 6.45) is 2.83. The highest BCUT2D eigenvalue weighted by Gasteiger charge is 2.34. The molecule has 1 fully saturated rings. The number of guanidine groups is 1. The van der Waals surface area contributed by atoms with Gasteiger partial charge in [-0.3, -0.25) is 0 Å². The predicted molar refractivity (Wildman–Crippen MR) is 92.6 cm³/mol. The molecular formula is C18H25N3O2. The van der Waals surface area contributed by atoms with Crippen LogP contribution in [0.2, 0.25) is 0 Å². The van der Waals surface area contributed by atoms with Gasteiger partial charge in [-0.25, -0.2) is 4.99 Å². The summed E-state index contributed by atoms with van der Waals surface area (Å²) < 4.78 is 5.89. The van der Waals surface area contributed by atoms with Crippen LogP contribution in [0.3, 0.4) is 0 Å². The third-order valence-corrected chi connectivity index (χ3v) is 4.54. The maximum absolute atomic E-state index is 10.2. The van der Waals surface area contributed by atoms with Crippen LogP contribution >= 0.6 is 0 Å². The average molecular weight is 315 g/mol. The molecule has 23 heavy (non-hydrogen) atoms. The molecule has 5 heteroatoms. The fourth-order valence-electron chi connectivity index (χ4n) is 2.88. The predicted octanol–water partition coefficient (Wildman–Crippen LogP) is 2.71. The molecule has 1 aliphatic rings. The van der Waals surface area contributed by atoms with Crippen LogP contribution in [0.4, 0.5) is 0 Å². The molecule has 1 aliphatic carbocycles. The van der Waals surface area contributed by atoms with Crippen LogP contribution in [0.5, 0.6) is 0 Å². The Morgan fingerprint density at radius 3 is 2.74 bits per heavy atom. The van der Waals surface area contributed by atoms with E-state index in [0.29, 0.717) is 19.0 Å². The van der Waals surface area contributed by atoms with Crippen LogP contribution in [-0.2, 0) is 6.54 Å². The third-order valence-electron chi connectivity index (χ3n) is 4.54. The molecule has 0 atom stereocenters. The Hall–Kier alpha value is -2.01. The molecule has 5 nitrogen and oxygen atoms in total. The van der Waals surface area contributed by atoms with Crippen molar-refractivity contribution in [2.75, 3.05) is 13.1 Å². The smallest absolute Gasteiger partial charge is 0.191 e. The largest absolute Gasteiger partial charge is 0.459 e. The van der Waals surface area contributed by atoms with Gasteiger partial charge in [0.2, 0.25) is 0 Å². The second-order valence-electron chi connectivity index (χ2n) is 6.27. The molecule has 1 aromatic heterocycles. The van der Waals surface area contributed by atoms with Crippen LogP contribution in [0, 0.1) is 6.92 Å². The molecule has 1 heterocycles. The van der Waals surface area contributed by atoms with Gasteiger partial charge in [0.1, 0.15) is 17.9 Å². The van der Waals surface area contributed by atoms with E-state index in [2.05, 4.69) is 28.6 Å². The molecule has 0 saturated heterocycles. The third kappa shape index (κ3) is 3.50. The van der Waals surface area contributed by atoms with Gasteiger partial charge in [0.05, 0.1) is 5.60 Å². The van der Waals surface area contributed by atoms with Gasteiger partial charge in [-0.2, -0.15) is 0 Å². The Morgan fingerprint density at radius 1 is 1.30 bits per heavy atom. The quantitative estimate of drug-likeness (QED) is 0.586. The van der Waals surface area contributed by atoms with Gasteiger partial charge in [0.25, 0.3) is 0 Å². The SMILES string of the molecule is CCNC(=NCc1oc2ccccc2c1C)NCC1(O)CCC1. The maximum atomic E-state index is 10.2. The zero-order valence-corrected chi connectivity index (χ0v) is 13.9. The second kappa shape index (κ2) is 6.62. The van der Waals surface area contributed by atoms with Crippen molar-refractivity contribution in [2.45, 2.75) is 45.3 Å². The molecule has 0 radical (unpaired) electrons. The van der Waals surface area contributed by atoms with Crippen LogP contribution in [0.25, 0.3) is 11.0 Å². The number of para-hydroxylation sites is 1. The molecule has 0 bridgehead atoms. The topological polar surface area (TPSA) is 69.8 Å². The van der Waals surface area contributed by atoms with Crippen molar-refractivity contribution in [3.05, 3.63) is 35.6 Å². The molecule has 1 saturated carbocycles. The fraction of sp³-hybridized carbons (Fsp3) is 0.500. The lowest BCUT2D eigenvalue weighted by Gasteiger charge is -2.36. The normalized spacial score (nSPS) is 17.1. The van der Waals surface area contributed by atoms with Gasteiger partial charge in [0, 0.05) is 24.0 Å². The molecule has 3 rings (SSSR count). The lowest BCUT2D eigenvalue weighted by Crippen LogP contribution is -2.50. The first-order chi connectivity index (χ1) is 11.1. The molecule has 3 N–H and O–H groups in total. The summed E-state index contributed by atoms with van der Waals surface area (Å²) in [5.41, 5.74) is 1.47. The first-order valence-electron chi connectivity index (χ1n) is 8.33. The van der Waals surface area contributed by atoms with Gasteiger partial charge in [0.15, 0.2) is 5.96 Å². The zero-order valence-electron chi connectivity index (χ0n) is 13.9. The number of nitrogens with zero attached hydrogens (tertiary/aromatic N) is 1. The Bertz CT molecular complexity index is 701. The summed E-state index contributed by atoms with van der Waals surface area (Å²) in [5, 5.41) is 17.8. The van der Waals surface area contributed by atoms with E-state index in [1.165, 1.54) is 0 Å². The molecule has 1 aromatic carbocycles. The monoisotopic (exact) mass is 315 g/mol. The number of hydrogen-bond acceptors (Lipinski definition) is 3. The summed E-state index contributed by atoms with van der Waals surface area (Å²) in [4.78, 5) is 4.59. The Kier molecular flexibility index (Phi) is 4.57. The van der Waals surface area contributed by atoms with Crippen molar-refractivity contribution in [3.63, 3.8) is 0 Å². The van der Waals surface area contributed by atoms with Crippen molar-refractivity contribution in [1.82, 2.24) is 10.6 Å². The van der Waals surface area contributed by atoms with Crippen molar-refractivity contribution in [1.29, 1.82) is 0 Å². The standard InChI is InChI=1S/C18H25N3O2/c1-3-19-17(21-12-18(22)9-6-10-18)20-11-16-13(2)14-7-4-5-8-15(14)23-16/h4-5,7-8,22H,3,6,9-12H2,1-2H3,(H2,19,20,21). The first-order valence-corrected chi connectivity index (χ1v) is 8.33. The van der Waals surface area contributed by atoms with Gasteiger partial charge in [-0.05, 0) is 39.2 Å². The number of nitrogens with one attached hydrogen (secondary N) is 2. The molecular weight excluding hydrogens is 290 g/mol. The van der Waals surface area contributed by atoms with E-state index >= 15 is 0 Å². The van der Waals surface area contributed by atoms with Crippen LogP contribution in [0.15, 0.2) is 33.7 Å². The number of hydrogen-bond donors (Lipinski definition) is 3. The van der Waals surface area contributed by atoms with Gasteiger partial charge in [-0.15, -0.1) is 0 Å². The minimum absolute atomic E-state index is 0.480. The van der Waals surface area contributed by atoms with E-state index in [1.54, 1.807) is 0 Å². The highest BCUT2D eigenvalue weighted by molar-refractivity contribution is 5.82. The van der Waals surface area contributed by atoms with Crippen molar-refractivity contribution in [2.24, 2.45) is 4.99 Å². The number of aliphatic imine (C=N–C) groups is 1. The number of aryl methyl sites for hydroxylation is 1. The average Bonchev–Trinajstić information content (AvgIpc) is 2.85. The highest BCUT2D eigenvalue weighted by Crippen LogP contribution is 2.30. The first kappa shape index (κ1) is 15.9. The van der Waals surface area contributed by atoms with Gasteiger partial charge >= 0.3 is 0 Å². The summed E-state index contributed by atoms with van der Waals surface area (Å²) >= 11 is 0. The van der Waals surface area contributed by atoms with E-state index in [1.807, 2.05) is 25.1 Å². The molecule has 124 valence electrons. The Labute approximate surface area is 136 Å². The molecule has 2 aromatic rings. The van der Waals surface area contributed by atoms with Crippen LogP contribution in [-0.4, -0.2) is 29.8 Å². The highest BCUT2D eigenvalue weighted by atomic mass is 16.3. The minimum Gasteiger partial charge on any atom is -0.459 e. The number of benzene rings is 1. The molecule has 0 spiro atoms. The summed E-state index contributed by atoms with van der Waals surface area (Å²) in [6.45, 7) is 5.89. The van der Waals surface area contributed by atoms with E-state index in [4.69, 9.17) is 4.42 Å². The number of rotatable bonds is 5. The fourth-order valence-corrected chi connectivity index (χ4v) is 2.88. The molecule has 0 amide bonds. The number of fused-ring (bicyclic) bond motifs is 1. The minimum atomic E-state index is -0.564. The van der Waals surface area contributed by atoms with Crippen molar-refractivity contribution >= 4 is 16.9 Å². The zero-order chi connectivity index (χ0) is 16.3. The van der Waals surface area contributed by atoms with E-state index in [9.17, 15) is 5.11 Å². The summed E-state index contributed by atoms with van der Waals surface area (Å²) in [7, 11) is 0. The molecule has 0 unspecified atom stereocenters. The second-order valence-corrected chi connectivity index (χ2v) is 6.27. The van der Waals surface area contributed by atoms with Gasteiger partial charge in [-0.1, -0.05) is 18.2 Å². The van der Waals surface area contributed by atoms with E-state index in [-0.39, 0.29) is 0 Å². The number of furan rings is 1. The van der Waals surface area contributed by atoms with Crippen LogP contribution < -0.4 is 10.6 Å². The Balaban J connectivity index is 1.69.